The average molecular weight is 129 g/mol. The van der Waals surface area contributed by atoms with E-state index < -0.39 is 12.6 Å². The van der Waals surface area contributed by atoms with Gasteiger partial charge in [0.15, 0.2) is 0 Å². The van der Waals surface area contributed by atoms with Crippen molar-refractivity contribution in [2.45, 2.75) is 13.3 Å². The first kappa shape index (κ1) is 8.17. The van der Waals surface area contributed by atoms with E-state index in [4.69, 9.17) is 5.11 Å². The highest BCUT2D eigenvalue weighted by molar-refractivity contribution is 5.84. The maximum Gasteiger partial charge on any atom is 0.0696 e. The third kappa shape index (κ3) is 2.87. The molecule has 1 N–H and O–H groups in total. The Kier molecular flexibility index (Phi) is 3.71. The predicted octanol–water partition coefficient (Wildman–Crippen LogP) is -0.935. The molecule has 0 unspecified atom stereocenters. The van der Waals surface area contributed by atoms with Crippen LogP contribution in [0.4, 0.5) is 0 Å². The lowest BCUT2D eigenvalue weighted by Gasteiger charge is -2.02. The maximum absolute atomic E-state index is 9.98. The van der Waals surface area contributed by atoms with E-state index in [1.807, 2.05) is 0 Å². The molecule has 0 spiro atoms. The van der Waals surface area contributed by atoms with Gasteiger partial charge in [-0.15, -0.1) is 0 Å². The van der Waals surface area contributed by atoms with Crippen molar-refractivity contribution in [1.82, 2.24) is 0 Å². The fourth-order valence-electron chi connectivity index (χ4n) is 0.459. The zero-order valence-corrected chi connectivity index (χ0v) is 5.26. The number of carbonyl (C=O) groups is 1. The molecule has 0 aromatic carbocycles. The van der Waals surface area contributed by atoms with E-state index in [0.717, 1.165) is 0 Å². The van der Waals surface area contributed by atoms with Crippen LogP contribution in [-0.4, -0.2) is 17.7 Å². The molecule has 0 heterocycles. The highest BCUT2D eigenvalue weighted by atomic mass is 16.4. The topological polar surface area (TPSA) is 60.4 Å². The summed E-state index contributed by atoms with van der Waals surface area (Å²) in [6.07, 6.45) is 2.03. The number of carboxylic acids is 1. The number of aliphatic carboxylic acids is 1. The molecular weight excluding hydrogens is 120 g/mol. The molecule has 0 aliphatic heterocycles. The minimum absolute atomic E-state index is 0.0440. The quantitative estimate of drug-likeness (QED) is 0.500. The average Bonchev–Trinajstić information content (AvgIpc) is 1.82. The third-order valence-corrected chi connectivity index (χ3v) is 0.883. The molecule has 3 heteroatoms. The van der Waals surface area contributed by atoms with Gasteiger partial charge in [0.2, 0.25) is 0 Å². The molecule has 52 valence electrons. The Morgan fingerprint density at radius 3 is 2.44 bits per heavy atom. The molecule has 0 aliphatic carbocycles. The standard InChI is InChI=1S/C6H10O3/c1-2-3-5(4-7)6(8)9/h3,7H,2,4H2,1H3,(H,8,9)/p-1/b5-3-. The fraction of sp³-hybridized carbons (Fsp3) is 0.500. The summed E-state index contributed by atoms with van der Waals surface area (Å²) in [5, 5.41) is 18.3. The number of hydrogen-bond acceptors (Lipinski definition) is 3. The van der Waals surface area contributed by atoms with Gasteiger partial charge in [-0.2, -0.15) is 0 Å². The highest BCUT2D eigenvalue weighted by Crippen LogP contribution is 1.91. The van der Waals surface area contributed by atoms with Crippen molar-refractivity contribution in [3.63, 3.8) is 0 Å². The van der Waals surface area contributed by atoms with Crippen LogP contribution in [0.2, 0.25) is 0 Å². The predicted molar refractivity (Wildman–Crippen MR) is 30.5 cm³/mol. The Hall–Kier alpha value is -0.830. The molecule has 0 fully saturated rings. The van der Waals surface area contributed by atoms with E-state index in [1.54, 1.807) is 6.92 Å². The number of carbonyl (C=O) groups excluding carboxylic acids is 1. The van der Waals surface area contributed by atoms with E-state index in [1.165, 1.54) is 6.08 Å². The summed E-state index contributed by atoms with van der Waals surface area (Å²) in [5.74, 6) is -1.29. The van der Waals surface area contributed by atoms with Gasteiger partial charge in [0.1, 0.15) is 0 Å². The number of rotatable bonds is 3. The Morgan fingerprint density at radius 1 is 1.78 bits per heavy atom. The Morgan fingerprint density at radius 2 is 2.33 bits per heavy atom. The molecule has 0 bridgehead atoms. The largest absolute Gasteiger partial charge is 0.545 e. The van der Waals surface area contributed by atoms with Crippen molar-refractivity contribution >= 4 is 5.97 Å². The molecule has 0 rings (SSSR count). The second kappa shape index (κ2) is 4.09. The Bertz CT molecular complexity index is 126. The van der Waals surface area contributed by atoms with Crippen LogP contribution in [0.1, 0.15) is 13.3 Å². The smallest absolute Gasteiger partial charge is 0.0696 e. The van der Waals surface area contributed by atoms with Gasteiger partial charge in [-0.05, 0) is 12.0 Å². The first-order chi connectivity index (χ1) is 4.22. The summed E-state index contributed by atoms with van der Waals surface area (Å²) in [5.41, 5.74) is -0.0440. The van der Waals surface area contributed by atoms with Crippen molar-refractivity contribution in [3.8, 4) is 0 Å². The SMILES string of the molecule is CC/C=C(/CO)C(=O)[O-]. The number of allylic oxidation sites excluding steroid dienone is 1. The molecule has 0 saturated heterocycles. The number of aliphatic hydroxyl groups is 1. The van der Waals surface area contributed by atoms with Gasteiger partial charge in [-0.25, -0.2) is 0 Å². The van der Waals surface area contributed by atoms with Crippen LogP contribution >= 0.6 is 0 Å². The first-order valence-electron chi connectivity index (χ1n) is 2.73. The van der Waals surface area contributed by atoms with Gasteiger partial charge in [0, 0.05) is 0 Å². The zero-order chi connectivity index (χ0) is 7.28. The van der Waals surface area contributed by atoms with Crippen LogP contribution in [0.3, 0.4) is 0 Å². The number of hydrogen-bond donors (Lipinski definition) is 1. The minimum atomic E-state index is -1.29. The van der Waals surface area contributed by atoms with Crippen LogP contribution in [0.5, 0.6) is 0 Å². The van der Waals surface area contributed by atoms with Crippen LogP contribution in [-0.2, 0) is 4.79 Å². The van der Waals surface area contributed by atoms with Gasteiger partial charge >= 0.3 is 0 Å². The van der Waals surface area contributed by atoms with Crippen LogP contribution in [0.15, 0.2) is 11.6 Å². The van der Waals surface area contributed by atoms with Gasteiger partial charge < -0.3 is 15.0 Å². The van der Waals surface area contributed by atoms with Crippen molar-refractivity contribution < 1.29 is 15.0 Å². The number of aliphatic hydroxyl groups excluding tert-OH is 1. The number of carboxylic acid groups (broad SMARTS) is 1. The van der Waals surface area contributed by atoms with Gasteiger partial charge in [-0.3, -0.25) is 0 Å². The van der Waals surface area contributed by atoms with E-state index in [9.17, 15) is 9.90 Å². The molecule has 0 saturated carbocycles. The van der Waals surface area contributed by atoms with E-state index >= 15 is 0 Å². The minimum Gasteiger partial charge on any atom is -0.545 e. The van der Waals surface area contributed by atoms with Crippen LogP contribution in [0, 0.1) is 0 Å². The summed E-state index contributed by atoms with van der Waals surface area (Å²) in [7, 11) is 0. The molecule has 0 aromatic heterocycles. The maximum atomic E-state index is 9.98. The summed E-state index contributed by atoms with van der Waals surface area (Å²) in [4.78, 5) is 9.98. The monoisotopic (exact) mass is 129 g/mol. The lowest BCUT2D eigenvalue weighted by Crippen LogP contribution is -2.26. The zero-order valence-electron chi connectivity index (χ0n) is 5.26. The van der Waals surface area contributed by atoms with Crippen molar-refractivity contribution in [2.24, 2.45) is 0 Å². The van der Waals surface area contributed by atoms with E-state index in [2.05, 4.69) is 0 Å². The normalized spacial score (nSPS) is 11.6. The molecule has 0 radical (unpaired) electrons. The first-order valence-corrected chi connectivity index (χ1v) is 2.73. The van der Waals surface area contributed by atoms with Crippen LogP contribution < -0.4 is 5.11 Å². The Balaban J connectivity index is 3.98. The lowest BCUT2D eigenvalue weighted by molar-refractivity contribution is -0.299. The van der Waals surface area contributed by atoms with Gasteiger partial charge in [0.25, 0.3) is 0 Å². The second-order valence-corrected chi connectivity index (χ2v) is 1.58. The molecule has 0 aliphatic rings. The Labute approximate surface area is 53.6 Å². The van der Waals surface area contributed by atoms with Crippen molar-refractivity contribution in [3.05, 3.63) is 11.6 Å². The third-order valence-electron chi connectivity index (χ3n) is 0.883. The summed E-state index contributed by atoms with van der Waals surface area (Å²) in [6.45, 7) is 1.34. The van der Waals surface area contributed by atoms with E-state index in [0.29, 0.717) is 6.42 Å². The van der Waals surface area contributed by atoms with Crippen LogP contribution in [0.25, 0.3) is 0 Å². The molecular formula is C6H9O3-. The summed E-state index contributed by atoms with van der Waals surface area (Å²) in [6, 6.07) is 0. The molecule has 0 amide bonds. The molecule has 9 heavy (non-hydrogen) atoms. The van der Waals surface area contributed by atoms with Crippen molar-refractivity contribution in [1.29, 1.82) is 0 Å². The molecule has 3 nitrogen and oxygen atoms in total. The highest BCUT2D eigenvalue weighted by Gasteiger charge is 1.91. The fourth-order valence-corrected chi connectivity index (χ4v) is 0.459. The molecule has 0 aromatic rings. The summed E-state index contributed by atoms with van der Waals surface area (Å²) >= 11 is 0. The van der Waals surface area contributed by atoms with Gasteiger partial charge in [-0.1, -0.05) is 13.0 Å². The lowest BCUT2D eigenvalue weighted by atomic mass is 10.2. The van der Waals surface area contributed by atoms with Crippen molar-refractivity contribution in [2.75, 3.05) is 6.61 Å². The second-order valence-electron chi connectivity index (χ2n) is 1.58. The summed E-state index contributed by atoms with van der Waals surface area (Å²) < 4.78 is 0. The molecule has 0 atom stereocenters. The van der Waals surface area contributed by atoms with Gasteiger partial charge in [0.05, 0.1) is 12.6 Å². The van der Waals surface area contributed by atoms with E-state index in [-0.39, 0.29) is 5.57 Å².